The van der Waals surface area contributed by atoms with Gasteiger partial charge in [-0.3, -0.25) is 4.79 Å². The zero-order valence-electron chi connectivity index (χ0n) is 10.3. The van der Waals surface area contributed by atoms with E-state index in [1.807, 2.05) is 13.8 Å². The van der Waals surface area contributed by atoms with Crippen LogP contribution in [-0.2, 0) is 0 Å². The highest BCUT2D eigenvalue weighted by Crippen LogP contribution is 2.13. The van der Waals surface area contributed by atoms with E-state index in [0.29, 0.717) is 18.1 Å². The first-order chi connectivity index (χ1) is 8.22. The molecule has 0 aromatic heterocycles. The predicted molar refractivity (Wildman–Crippen MR) is 69.9 cm³/mol. The summed E-state index contributed by atoms with van der Waals surface area (Å²) in [6.45, 7) is 5.86. The molecule has 94 valence electrons. The molecule has 0 aliphatic carbocycles. The average molecular weight is 256 g/mol. The molecular weight excluding hydrogens is 238 g/mol. The zero-order valence-corrected chi connectivity index (χ0v) is 11.0. The van der Waals surface area contributed by atoms with Crippen LogP contribution in [0.5, 0.6) is 5.75 Å². The summed E-state index contributed by atoms with van der Waals surface area (Å²) in [6.07, 6.45) is 0. The standard InChI is InChI=1S/C13H18ClNO2/c1-3-15(4-2)13(16)11-5-7-12(8-6-11)17-10-9-14/h5-8H,3-4,9-10H2,1-2H3. The molecule has 0 aliphatic rings. The van der Waals surface area contributed by atoms with Crippen LogP contribution < -0.4 is 4.74 Å². The Morgan fingerprint density at radius 2 is 1.82 bits per heavy atom. The Bertz CT molecular complexity index is 347. The number of ether oxygens (including phenoxy) is 1. The van der Waals surface area contributed by atoms with Gasteiger partial charge in [-0.05, 0) is 38.1 Å². The van der Waals surface area contributed by atoms with Crippen molar-refractivity contribution in [3.8, 4) is 5.75 Å². The lowest BCUT2D eigenvalue weighted by Crippen LogP contribution is -2.30. The summed E-state index contributed by atoms with van der Waals surface area (Å²) in [7, 11) is 0. The molecule has 0 saturated carbocycles. The van der Waals surface area contributed by atoms with Crippen molar-refractivity contribution < 1.29 is 9.53 Å². The second-order valence-electron chi connectivity index (χ2n) is 3.54. The number of hydrogen-bond donors (Lipinski definition) is 0. The van der Waals surface area contributed by atoms with Crippen LogP contribution in [-0.4, -0.2) is 36.4 Å². The number of amides is 1. The smallest absolute Gasteiger partial charge is 0.253 e. The third-order valence-electron chi connectivity index (χ3n) is 2.50. The van der Waals surface area contributed by atoms with E-state index in [1.165, 1.54) is 0 Å². The number of carbonyl (C=O) groups excluding carboxylic acids is 1. The number of hydrogen-bond acceptors (Lipinski definition) is 2. The van der Waals surface area contributed by atoms with Gasteiger partial charge in [-0.2, -0.15) is 0 Å². The van der Waals surface area contributed by atoms with Gasteiger partial charge < -0.3 is 9.64 Å². The predicted octanol–water partition coefficient (Wildman–Crippen LogP) is 2.79. The summed E-state index contributed by atoms with van der Waals surface area (Å²) in [5.41, 5.74) is 0.687. The minimum absolute atomic E-state index is 0.0545. The van der Waals surface area contributed by atoms with E-state index in [0.717, 1.165) is 18.8 Å². The average Bonchev–Trinajstić information content (AvgIpc) is 2.38. The lowest BCUT2D eigenvalue weighted by Gasteiger charge is -2.18. The molecule has 0 spiro atoms. The zero-order chi connectivity index (χ0) is 12.7. The highest BCUT2D eigenvalue weighted by molar-refractivity contribution is 6.18. The Kier molecular flexibility index (Phi) is 5.84. The first-order valence-corrected chi connectivity index (χ1v) is 6.34. The van der Waals surface area contributed by atoms with Crippen molar-refractivity contribution in [2.45, 2.75) is 13.8 Å². The van der Waals surface area contributed by atoms with Crippen molar-refractivity contribution >= 4 is 17.5 Å². The lowest BCUT2D eigenvalue weighted by atomic mass is 10.2. The van der Waals surface area contributed by atoms with Gasteiger partial charge in [-0.25, -0.2) is 0 Å². The van der Waals surface area contributed by atoms with E-state index in [2.05, 4.69) is 0 Å². The van der Waals surface area contributed by atoms with Crippen LogP contribution in [0.25, 0.3) is 0 Å². The molecule has 0 fully saturated rings. The summed E-state index contributed by atoms with van der Waals surface area (Å²) in [4.78, 5) is 13.8. The molecule has 1 aromatic rings. The molecule has 0 heterocycles. The molecule has 0 aliphatic heterocycles. The summed E-state index contributed by atoms with van der Waals surface area (Å²) >= 11 is 5.53. The molecule has 1 amide bonds. The minimum atomic E-state index is 0.0545. The molecule has 17 heavy (non-hydrogen) atoms. The van der Waals surface area contributed by atoms with Gasteiger partial charge in [-0.1, -0.05) is 0 Å². The SMILES string of the molecule is CCN(CC)C(=O)c1ccc(OCCCl)cc1. The van der Waals surface area contributed by atoms with Gasteiger partial charge >= 0.3 is 0 Å². The van der Waals surface area contributed by atoms with Gasteiger partial charge in [0.1, 0.15) is 12.4 Å². The highest BCUT2D eigenvalue weighted by Gasteiger charge is 2.11. The number of benzene rings is 1. The van der Waals surface area contributed by atoms with Crippen molar-refractivity contribution in [1.82, 2.24) is 4.90 Å². The number of rotatable bonds is 6. The fourth-order valence-corrected chi connectivity index (χ4v) is 1.62. The van der Waals surface area contributed by atoms with Crippen LogP contribution in [0.4, 0.5) is 0 Å². The summed E-state index contributed by atoms with van der Waals surface area (Å²) in [6, 6.07) is 7.15. The van der Waals surface area contributed by atoms with E-state index >= 15 is 0 Å². The third kappa shape index (κ3) is 3.93. The van der Waals surface area contributed by atoms with Crippen molar-refractivity contribution in [1.29, 1.82) is 0 Å². The number of nitrogens with zero attached hydrogens (tertiary/aromatic N) is 1. The molecule has 0 radical (unpaired) electrons. The van der Waals surface area contributed by atoms with Crippen LogP contribution in [0.1, 0.15) is 24.2 Å². The monoisotopic (exact) mass is 255 g/mol. The van der Waals surface area contributed by atoms with Gasteiger partial charge in [-0.15, -0.1) is 11.6 Å². The van der Waals surface area contributed by atoms with Crippen LogP contribution in [0, 0.1) is 0 Å². The molecule has 0 saturated heterocycles. The molecule has 0 atom stereocenters. The highest BCUT2D eigenvalue weighted by atomic mass is 35.5. The summed E-state index contributed by atoms with van der Waals surface area (Å²) < 4.78 is 5.35. The second kappa shape index (κ2) is 7.17. The normalized spacial score (nSPS) is 10.1. The maximum Gasteiger partial charge on any atom is 0.253 e. The molecule has 0 N–H and O–H groups in total. The van der Waals surface area contributed by atoms with E-state index in [1.54, 1.807) is 29.2 Å². The Hall–Kier alpha value is -1.22. The van der Waals surface area contributed by atoms with Crippen LogP contribution in [0.15, 0.2) is 24.3 Å². The first-order valence-electron chi connectivity index (χ1n) is 5.81. The number of carbonyl (C=O) groups is 1. The number of alkyl halides is 1. The van der Waals surface area contributed by atoms with Crippen molar-refractivity contribution in [2.24, 2.45) is 0 Å². The molecular formula is C13H18ClNO2. The van der Waals surface area contributed by atoms with Gasteiger partial charge in [0.05, 0.1) is 5.88 Å². The Morgan fingerprint density at radius 1 is 1.24 bits per heavy atom. The van der Waals surface area contributed by atoms with Gasteiger partial charge in [0.25, 0.3) is 5.91 Å². The Labute approximate surface area is 107 Å². The third-order valence-corrected chi connectivity index (χ3v) is 2.65. The van der Waals surface area contributed by atoms with Gasteiger partial charge in [0.15, 0.2) is 0 Å². The first kappa shape index (κ1) is 13.8. The fraction of sp³-hybridized carbons (Fsp3) is 0.462. The fourth-order valence-electron chi connectivity index (χ4n) is 1.54. The van der Waals surface area contributed by atoms with Crippen LogP contribution in [0.3, 0.4) is 0 Å². The molecule has 0 unspecified atom stereocenters. The minimum Gasteiger partial charge on any atom is -0.492 e. The van der Waals surface area contributed by atoms with Gasteiger partial charge in [0.2, 0.25) is 0 Å². The van der Waals surface area contributed by atoms with Gasteiger partial charge in [0, 0.05) is 18.7 Å². The molecule has 1 rings (SSSR count). The second-order valence-corrected chi connectivity index (χ2v) is 3.92. The van der Waals surface area contributed by atoms with Crippen LogP contribution >= 0.6 is 11.6 Å². The van der Waals surface area contributed by atoms with E-state index in [4.69, 9.17) is 16.3 Å². The largest absolute Gasteiger partial charge is 0.492 e. The van der Waals surface area contributed by atoms with E-state index in [-0.39, 0.29) is 5.91 Å². The number of halogens is 1. The maximum absolute atomic E-state index is 12.0. The quantitative estimate of drug-likeness (QED) is 0.732. The lowest BCUT2D eigenvalue weighted by molar-refractivity contribution is 0.0773. The molecule has 0 bridgehead atoms. The Morgan fingerprint density at radius 3 is 2.29 bits per heavy atom. The maximum atomic E-state index is 12.0. The topological polar surface area (TPSA) is 29.5 Å². The van der Waals surface area contributed by atoms with Crippen molar-refractivity contribution in [3.63, 3.8) is 0 Å². The van der Waals surface area contributed by atoms with E-state index < -0.39 is 0 Å². The summed E-state index contributed by atoms with van der Waals surface area (Å²) in [5.74, 6) is 1.25. The summed E-state index contributed by atoms with van der Waals surface area (Å²) in [5, 5.41) is 0. The van der Waals surface area contributed by atoms with Crippen molar-refractivity contribution in [2.75, 3.05) is 25.6 Å². The van der Waals surface area contributed by atoms with Crippen LogP contribution in [0.2, 0.25) is 0 Å². The van der Waals surface area contributed by atoms with Crippen molar-refractivity contribution in [3.05, 3.63) is 29.8 Å². The van der Waals surface area contributed by atoms with E-state index in [9.17, 15) is 4.79 Å². The molecule has 4 heteroatoms. The Balaban J connectivity index is 2.69. The molecule has 1 aromatic carbocycles. The molecule has 3 nitrogen and oxygen atoms in total.